The molecule has 0 aliphatic heterocycles. The summed E-state index contributed by atoms with van der Waals surface area (Å²) in [7, 11) is -3.58. The fraction of sp³-hybridized carbons (Fsp3) is 0.385. The summed E-state index contributed by atoms with van der Waals surface area (Å²) in [5.74, 6) is -2.65. The van der Waals surface area contributed by atoms with E-state index in [1.165, 1.54) is 0 Å². The Bertz CT molecular complexity index is 573. The molecule has 0 amide bonds. The Morgan fingerprint density at radius 3 is 2.20 bits per heavy atom. The number of ether oxygens (including phenoxy) is 1. The topological polar surface area (TPSA) is 97.7 Å². The molecule has 0 radical (unpaired) electrons. The molecule has 0 unspecified atom stereocenters. The van der Waals surface area contributed by atoms with Gasteiger partial charge in [0.2, 0.25) is 0 Å². The van der Waals surface area contributed by atoms with Crippen LogP contribution in [0.2, 0.25) is 0 Å². The zero-order valence-electron chi connectivity index (χ0n) is 11.0. The number of aliphatic carboxylic acids is 1. The van der Waals surface area contributed by atoms with Gasteiger partial charge >= 0.3 is 11.9 Å². The van der Waals surface area contributed by atoms with Crippen LogP contribution >= 0.6 is 0 Å². The van der Waals surface area contributed by atoms with E-state index in [1.54, 1.807) is 31.2 Å². The van der Waals surface area contributed by atoms with Crippen LogP contribution in [0.25, 0.3) is 0 Å². The number of rotatable bonds is 7. The lowest BCUT2D eigenvalue weighted by Crippen LogP contribution is -2.20. The van der Waals surface area contributed by atoms with Gasteiger partial charge in [0, 0.05) is 0 Å². The number of hydrogen-bond acceptors (Lipinski definition) is 5. The number of carbonyl (C=O) groups is 2. The number of sulfone groups is 1. The van der Waals surface area contributed by atoms with Gasteiger partial charge in [-0.15, -0.1) is 0 Å². The predicted octanol–water partition coefficient (Wildman–Crippen LogP) is 0.792. The first-order chi connectivity index (χ1) is 9.32. The van der Waals surface area contributed by atoms with E-state index < -0.39 is 27.5 Å². The lowest BCUT2D eigenvalue weighted by Gasteiger charge is -2.05. The van der Waals surface area contributed by atoms with Crippen molar-refractivity contribution < 1.29 is 27.9 Å². The number of esters is 1. The van der Waals surface area contributed by atoms with Crippen molar-refractivity contribution in [3.8, 4) is 0 Å². The summed E-state index contributed by atoms with van der Waals surface area (Å²) in [5.41, 5.74) is 1.09. The molecular weight excluding hydrogens is 284 g/mol. The molecule has 0 saturated carbocycles. The Morgan fingerprint density at radius 2 is 1.70 bits per heavy atom. The standard InChI is InChI=1S/C13H16O6S/c1-2-19-13(16)9-20(17,18)8-11-5-3-10(4-6-11)7-12(14)15/h3-6H,2,7-9H2,1H3,(H,14,15). The molecule has 1 rings (SSSR count). The Balaban J connectivity index is 2.68. The lowest BCUT2D eigenvalue weighted by atomic mass is 10.1. The Morgan fingerprint density at radius 1 is 1.15 bits per heavy atom. The third-order valence-electron chi connectivity index (χ3n) is 2.41. The van der Waals surface area contributed by atoms with Crippen LogP contribution in [0.5, 0.6) is 0 Å². The Kier molecular flexibility index (Phi) is 5.69. The van der Waals surface area contributed by atoms with Crippen molar-refractivity contribution in [2.75, 3.05) is 12.4 Å². The van der Waals surface area contributed by atoms with Crippen molar-refractivity contribution >= 4 is 21.8 Å². The van der Waals surface area contributed by atoms with Crippen molar-refractivity contribution in [2.24, 2.45) is 0 Å². The molecule has 0 aliphatic carbocycles. The van der Waals surface area contributed by atoms with Gasteiger partial charge in [0.25, 0.3) is 0 Å². The summed E-state index contributed by atoms with van der Waals surface area (Å²) in [4.78, 5) is 21.7. The van der Waals surface area contributed by atoms with E-state index >= 15 is 0 Å². The fourth-order valence-corrected chi connectivity index (χ4v) is 2.86. The Labute approximate surface area is 117 Å². The second kappa shape index (κ2) is 7.04. The number of carboxylic acid groups (broad SMARTS) is 1. The second-order valence-corrected chi connectivity index (χ2v) is 6.29. The molecular formula is C13H16O6S. The highest BCUT2D eigenvalue weighted by Gasteiger charge is 2.18. The molecule has 0 spiro atoms. The van der Waals surface area contributed by atoms with E-state index in [9.17, 15) is 18.0 Å². The third-order valence-corrected chi connectivity index (χ3v) is 3.86. The molecule has 0 heterocycles. The van der Waals surface area contributed by atoms with Crippen LogP contribution in [0.3, 0.4) is 0 Å². The van der Waals surface area contributed by atoms with Gasteiger partial charge in [0.05, 0.1) is 18.8 Å². The van der Waals surface area contributed by atoms with E-state index in [-0.39, 0.29) is 18.8 Å². The third kappa shape index (κ3) is 5.83. The minimum Gasteiger partial charge on any atom is -0.481 e. The zero-order valence-corrected chi connectivity index (χ0v) is 11.9. The van der Waals surface area contributed by atoms with E-state index in [0.29, 0.717) is 11.1 Å². The van der Waals surface area contributed by atoms with Crippen molar-refractivity contribution in [2.45, 2.75) is 19.1 Å². The maximum absolute atomic E-state index is 11.8. The van der Waals surface area contributed by atoms with Gasteiger partial charge in [-0.25, -0.2) is 8.42 Å². The predicted molar refractivity (Wildman–Crippen MR) is 71.9 cm³/mol. The van der Waals surface area contributed by atoms with Gasteiger partial charge in [-0.05, 0) is 18.1 Å². The minimum absolute atomic E-state index is 0.115. The number of hydrogen-bond donors (Lipinski definition) is 1. The van der Waals surface area contributed by atoms with Crippen LogP contribution in [0.4, 0.5) is 0 Å². The van der Waals surface area contributed by atoms with Crippen molar-refractivity contribution in [1.29, 1.82) is 0 Å². The van der Waals surface area contributed by atoms with E-state index in [4.69, 9.17) is 5.11 Å². The quantitative estimate of drug-likeness (QED) is 0.748. The molecule has 0 saturated heterocycles. The van der Waals surface area contributed by atoms with Crippen LogP contribution in [-0.4, -0.2) is 37.8 Å². The highest BCUT2D eigenvalue weighted by molar-refractivity contribution is 7.91. The summed E-state index contributed by atoms with van der Waals surface area (Å²) in [6.45, 7) is 1.74. The van der Waals surface area contributed by atoms with Gasteiger partial charge < -0.3 is 9.84 Å². The van der Waals surface area contributed by atoms with Crippen LogP contribution in [0.15, 0.2) is 24.3 Å². The van der Waals surface area contributed by atoms with E-state index in [0.717, 1.165) is 0 Å². The molecule has 0 fully saturated rings. The molecule has 1 aromatic carbocycles. The van der Waals surface area contributed by atoms with E-state index in [2.05, 4.69) is 4.74 Å². The van der Waals surface area contributed by atoms with Crippen molar-refractivity contribution in [3.05, 3.63) is 35.4 Å². The highest BCUT2D eigenvalue weighted by Crippen LogP contribution is 2.10. The van der Waals surface area contributed by atoms with Gasteiger partial charge in [0.15, 0.2) is 9.84 Å². The van der Waals surface area contributed by atoms with Gasteiger partial charge in [-0.1, -0.05) is 24.3 Å². The molecule has 0 atom stereocenters. The van der Waals surface area contributed by atoms with Crippen LogP contribution in [0.1, 0.15) is 18.1 Å². The number of benzene rings is 1. The first-order valence-electron chi connectivity index (χ1n) is 5.98. The maximum Gasteiger partial charge on any atom is 0.321 e. The fourth-order valence-electron chi connectivity index (χ4n) is 1.62. The van der Waals surface area contributed by atoms with Gasteiger partial charge in [-0.2, -0.15) is 0 Å². The summed E-state index contributed by atoms with van der Waals surface area (Å²) in [6, 6.07) is 6.20. The molecule has 1 N–H and O–H groups in total. The average molecular weight is 300 g/mol. The largest absolute Gasteiger partial charge is 0.481 e. The number of carbonyl (C=O) groups excluding carboxylic acids is 1. The first kappa shape index (κ1) is 16.2. The molecule has 0 bridgehead atoms. The maximum atomic E-state index is 11.8. The van der Waals surface area contributed by atoms with Crippen molar-refractivity contribution in [1.82, 2.24) is 0 Å². The van der Waals surface area contributed by atoms with Crippen molar-refractivity contribution in [3.63, 3.8) is 0 Å². The van der Waals surface area contributed by atoms with Gasteiger partial charge in [-0.3, -0.25) is 9.59 Å². The average Bonchev–Trinajstić information content (AvgIpc) is 2.30. The lowest BCUT2D eigenvalue weighted by molar-refractivity contribution is -0.140. The summed E-state index contributed by atoms with van der Waals surface area (Å²) in [6.07, 6.45) is -0.115. The normalized spacial score (nSPS) is 11.1. The molecule has 1 aromatic rings. The smallest absolute Gasteiger partial charge is 0.321 e. The molecule has 7 heteroatoms. The monoisotopic (exact) mass is 300 g/mol. The molecule has 0 aromatic heterocycles. The van der Waals surface area contributed by atoms with E-state index in [1.807, 2.05) is 0 Å². The molecule has 110 valence electrons. The number of carboxylic acids is 1. The second-order valence-electron chi connectivity index (χ2n) is 4.22. The molecule has 20 heavy (non-hydrogen) atoms. The van der Waals surface area contributed by atoms with Crippen LogP contribution in [0, 0.1) is 0 Å². The SMILES string of the molecule is CCOC(=O)CS(=O)(=O)Cc1ccc(CC(=O)O)cc1. The first-order valence-corrected chi connectivity index (χ1v) is 7.80. The van der Waals surface area contributed by atoms with Gasteiger partial charge in [0.1, 0.15) is 5.75 Å². The highest BCUT2D eigenvalue weighted by atomic mass is 32.2. The summed E-state index contributed by atoms with van der Waals surface area (Å²) < 4.78 is 28.1. The molecule has 0 aliphatic rings. The summed E-state index contributed by atoms with van der Waals surface area (Å²) in [5, 5.41) is 8.63. The molecule has 6 nitrogen and oxygen atoms in total. The zero-order chi connectivity index (χ0) is 15.2. The summed E-state index contributed by atoms with van der Waals surface area (Å²) >= 11 is 0. The minimum atomic E-state index is -3.58. The van der Waals surface area contributed by atoms with Crippen LogP contribution in [-0.2, 0) is 36.3 Å². The Hall–Kier alpha value is -1.89. The van der Waals surface area contributed by atoms with Crippen LogP contribution < -0.4 is 0 Å².